The number of aliphatic hydroxyl groups excluding tert-OH is 5. The van der Waals surface area contributed by atoms with Crippen molar-refractivity contribution in [3.8, 4) is 17.6 Å². The molecule has 9 N–H and O–H groups in total. The molecule has 8 fully saturated rings. The number of hydrogen-bond acceptors (Lipinski definition) is 18. The van der Waals surface area contributed by atoms with Crippen molar-refractivity contribution in [2.45, 2.75) is 170 Å². The van der Waals surface area contributed by atoms with E-state index in [0.717, 1.165) is 28.7 Å². The van der Waals surface area contributed by atoms with Crippen molar-refractivity contribution in [3.05, 3.63) is 148 Å². The van der Waals surface area contributed by atoms with E-state index >= 15 is 0 Å². The average Bonchev–Trinajstić information content (AvgIpc) is 1.53. The first-order valence-corrected chi connectivity index (χ1v) is 32.6. The number of carboxylic acids is 1. The first-order chi connectivity index (χ1) is 45.5. The van der Waals surface area contributed by atoms with Crippen LogP contribution < -0.4 is 25.6 Å². The van der Waals surface area contributed by atoms with Crippen molar-refractivity contribution < 1.29 is 92.6 Å². The molecule has 95 heavy (non-hydrogen) atoms. The Labute approximate surface area is 548 Å². The van der Waals surface area contributed by atoms with Crippen LogP contribution in [0.1, 0.15) is 124 Å². The van der Waals surface area contributed by atoms with Crippen LogP contribution in [0.3, 0.4) is 0 Å². The fourth-order valence-corrected chi connectivity index (χ4v) is 16.9. The summed E-state index contributed by atoms with van der Waals surface area (Å²) < 4.78 is 37.1. The lowest BCUT2D eigenvalue weighted by molar-refractivity contribution is -0.271. The largest absolute Gasteiger partial charge is 0.479 e. The van der Waals surface area contributed by atoms with E-state index < -0.39 is 113 Å². The van der Waals surface area contributed by atoms with Crippen LogP contribution in [0, 0.1) is 40.4 Å². The number of hydrogen-bond donors (Lipinski definition) is 9. The van der Waals surface area contributed by atoms with Gasteiger partial charge in [-0.2, -0.15) is 0 Å². The second-order valence-electron chi connectivity index (χ2n) is 27.4. The first kappa shape index (κ1) is 65.5. The number of alkyl carbamates (subject to hydrolysis) is 1. The number of ether oxygens (including phenoxy) is 6. The Kier molecular flexibility index (Phi) is 17.8. The maximum atomic E-state index is 14.1. The highest BCUT2D eigenvalue weighted by atomic mass is 16.7. The molecule has 5 heterocycles. The summed E-state index contributed by atoms with van der Waals surface area (Å²) in [6.07, 6.45) is -2.82. The van der Waals surface area contributed by atoms with Gasteiger partial charge in [0.2, 0.25) is 24.0 Å². The number of carbonyl (C=O) groups is 7. The quantitative estimate of drug-likeness (QED) is 0.0572. The molecular weight excluding hydrogens is 1220 g/mol. The summed E-state index contributed by atoms with van der Waals surface area (Å²) in [5.41, 5.74) is 1.96. The van der Waals surface area contributed by atoms with Crippen LogP contribution in [0.4, 0.5) is 16.2 Å². The molecule has 0 spiro atoms. The summed E-state index contributed by atoms with van der Waals surface area (Å²) in [5.74, 6) is 2.45. The van der Waals surface area contributed by atoms with Crippen LogP contribution in [0.5, 0.6) is 5.75 Å². The lowest BCUT2D eigenvalue weighted by Gasteiger charge is -2.59. The predicted octanol–water partition coefficient (Wildman–Crippen LogP) is 5.28. The van der Waals surface area contributed by atoms with Gasteiger partial charge in [-0.15, -0.1) is 0 Å². The molecule has 23 nitrogen and oxygen atoms in total. The van der Waals surface area contributed by atoms with Crippen molar-refractivity contribution in [3.63, 3.8) is 0 Å². The van der Waals surface area contributed by atoms with E-state index in [0.29, 0.717) is 67.3 Å². The van der Waals surface area contributed by atoms with Gasteiger partial charge in [-0.25, -0.2) is 9.59 Å². The number of nitrogens with one attached hydrogen (secondary N) is 3. The van der Waals surface area contributed by atoms with E-state index in [2.05, 4.69) is 34.7 Å². The molecule has 10 aliphatic rings. The number of fused-ring (bicyclic) bond motifs is 12. The van der Waals surface area contributed by atoms with E-state index in [9.17, 15) is 64.2 Å². The van der Waals surface area contributed by atoms with Crippen molar-refractivity contribution in [2.24, 2.45) is 28.6 Å². The van der Waals surface area contributed by atoms with E-state index in [1.54, 1.807) is 23.1 Å². The second-order valence-corrected chi connectivity index (χ2v) is 27.4. The summed E-state index contributed by atoms with van der Waals surface area (Å²) in [4.78, 5) is 94.1. The number of aliphatic hydroxyl groups is 5. The predicted molar refractivity (Wildman–Crippen MR) is 337 cm³/mol. The molecule has 2 bridgehead atoms. The first-order valence-electron chi connectivity index (χ1n) is 32.6. The fourth-order valence-electron chi connectivity index (χ4n) is 16.9. The van der Waals surface area contributed by atoms with Gasteiger partial charge < -0.3 is 79.9 Å². The topological polar surface area (TPSA) is 336 Å². The summed E-state index contributed by atoms with van der Waals surface area (Å²) >= 11 is 0. The van der Waals surface area contributed by atoms with Crippen LogP contribution in [0.2, 0.25) is 0 Å². The van der Waals surface area contributed by atoms with Gasteiger partial charge in [0.05, 0.1) is 47.9 Å². The Morgan fingerprint density at radius 1 is 0.811 bits per heavy atom. The smallest absolute Gasteiger partial charge is 0.407 e. The molecule has 4 saturated carbocycles. The number of nitrogens with zero attached hydrogens (tertiary/aromatic N) is 1. The molecule has 0 radical (unpaired) electrons. The van der Waals surface area contributed by atoms with Gasteiger partial charge in [0, 0.05) is 65.7 Å². The zero-order chi connectivity index (χ0) is 66.8. The standard InChI is InChI=1S/C72H78N4O19/c1-68-25-23-47(78)32-46(68)18-19-48-49-33-55-72(54(80)37-77,69(49,2)35-52(79)59(48)68)95-65(93-55)44-14-11-40(12-15-44)34-71-28-26-70(27-29-71,39-91-71)75-67(89)90-38-41-13-20-53(92-66-62(86)60(84)61(85)63(94-66)64(87)88)50(31-41)74-57(82)24-30-73-56(81)21-22-58(83)76-36-45-9-4-3-7-42(45)16-17-43-8-5-6-10-51(43)76/h3-15,20,23,25,31-32,48-49,52,55,59-63,65-66,77,79,84-86H,18-19,21-22,24,26-30,33-39H2,1-2H3,(H,73,81)(H,74,82)(H,75,89)(H,87,88)/t48-,49-,52-,55+,59+,60-,61-,62+,63-,65+,66+,68-,69-,70?,71?,72+/m0/s1. The Morgan fingerprint density at radius 3 is 2.29 bits per heavy atom. The third-order valence-corrected chi connectivity index (χ3v) is 21.9. The summed E-state index contributed by atoms with van der Waals surface area (Å²) in [6.45, 7) is 3.40. The number of anilines is 2. The molecule has 0 aromatic heterocycles. The second kappa shape index (κ2) is 25.8. The molecule has 14 rings (SSSR count). The summed E-state index contributed by atoms with van der Waals surface area (Å²) in [5, 5.41) is 72.2. The van der Waals surface area contributed by atoms with Crippen LogP contribution in [-0.4, -0.2) is 151 Å². The van der Waals surface area contributed by atoms with Gasteiger partial charge in [-0.1, -0.05) is 98.0 Å². The Balaban J connectivity index is 0.607. The molecule has 4 aromatic carbocycles. The highest BCUT2D eigenvalue weighted by molar-refractivity contribution is 6.01. The highest BCUT2D eigenvalue weighted by Gasteiger charge is 2.76. The third kappa shape index (κ3) is 12.2. The van der Waals surface area contributed by atoms with Gasteiger partial charge in [0.25, 0.3) is 0 Å². The highest BCUT2D eigenvalue weighted by Crippen LogP contribution is 2.70. The minimum absolute atomic E-state index is 0.0331. The molecule has 5 aliphatic carbocycles. The number of Topliss-reactive ketones (excluding diaryl/α,β-unsaturated/α-hetero) is 1. The zero-order valence-electron chi connectivity index (χ0n) is 52.7. The van der Waals surface area contributed by atoms with E-state index in [1.165, 1.54) is 18.2 Å². The molecular formula is C72H78N4O19. The summed E-state index contributed by atoms with van der Waals surface area (Å²) in [6, 6.07) is 26.9. The summed E-state index contributed by atoms with van der Waals surface area (Å²) in [7, 11) is 0. The number of carbonyl (C=O) groups excluding carboxylic acids is 6. The van der Waals surface area contributed by atoms with Crippen molar-refractivity contribution in [1.82, 2.24) is 10.6 Å². The number of rotatable bonds is 18. The van der Waals surface area contributed by atoms with Crippen LogP contribution >= 0.6 is 0 Å². The number of allylic oxidation sites excluding steroid dienone is 4. The molecule has 500 valence electrons. The lowest BCUT2D eigenvalue weighted by atomic mass is 9.46. The molecule has 4 aromatic rings. The lowest BCUT2D eigenvalue weighted by Crippen LogP contribution is -2.63. The number of benzene rings is 4. The molecule has 5 aliphatic heterocycles. The monoisotopic (exact) mass is 1300 g/mol. The van der Waals surface area contributed by atoms with Crippen molar-refractivity contribution in [1.29, 1.82) is 0 Å². The van der Waals surface area contributed by atoms with Gasteiger partial charge in [-0.3, -0.25) is 24.0 Å². The average molecular weight is 1300 g/mol. The van der Waals surface area contributed by atoms with Crippen molar-refractivity contribution in [2.75, 3.05) is 30.0 Å². The Morgan fingerprint density at radius 2 is 1.55 bits per heavy atom. The number of para-hydroxylation sites is 1. The van der Waals surface area contributed by atoms with Crippen LogP contribution in [0.25, 0.3) is 0 Å². The molecule has 4 amide bonds. The molecule has 0 unspecified atom stereocenters. The Bertz CT molecular complexity index is 3830. The minimum Gasteiger partial charge on any atom is -0.479 e. The van der Waals surface area contributed by atoms with Crippen LogP contribution in [0.15, 0.2) is 115 Å². The molecule has 14 atom stereocenters. The SMILES string of the molecule is C[C@]12C=CC(=O)C=C1CC[C@@H]1[C@@H]2[C@@H](O)C[C@@]2(C)[C@H]1C[C@H]1O[C@@H](c3ccc(CC45CCC(NC(=O)OCc6ccc(O[C@@H]7O[C@H](C(=O)O)[C@@H](O)[C@H](O)[C@H]7O)c(NC(=O)CCNC(=O)CCC(=O)N7Cc8ccccc8C#Cc8ccccc87)c6)(CC4)CO5)cc3)O[C@]12C(=O)CO. The van der Waals surface area contributed by atoms with E-state index in [4.69, 9.17) is 28.4 Å². The minimum atomic E-state index is -2.00. The maximum Gasteiger partial charge on any atom is 0.407 e. The van der Waals surface area contributed by atoms with Gasteiger partial charge in [0.15, 0.2) is 29.6 Å². The number of carboxylic acid groups (broad SMARTS) is 1. The number of ketones is 2. The maximum absolute atomic E-state index is 14.1. The number of aliphatic carboxylic acids is 1. The van der Waals surface area contributed by atoms with Crippen molar-refractivity contribution >= 4 is 52.7 Å². The molecule has 23 heteroatoms. The molecule has 4 saturated heterocycles. The van der Waals surface area contributed by atoms with Gasteiger partial charge >= 0.3 is 12.1 Å². The van der Waals surface area contributed by atoms with Gasteiger partial charge in [-0.05, 0) is 122 Å². The third-order valence-electron chi connectivity index (χ3n) is 21.9. The fraction of sp³-hybridized carbons (Fsp3) is 0.486. The van der Waals surface area contributed by atoms with Crippen LogP contribution in [-0.2, 0) is 72.0 Å². The Hall–Kier alpha value is -8.15. The van der Waals surface area contributed by atoms with E-state index in [-0.39, 0.29) is 92.9 Å². The number of amides is 4. The normalized spacial score (nSPS) is 33.8. The zero-order valence-corrected chi connectivity index (χ0v) is 52.7. The van der Waals surface area contributed by atoms with E-state index in [1.807, 2.05) is 79.7 Å². The van der Waals surface area contributed by atoms with Gasteiger partial charge in [0.1, 0.15) is 37.3 Å².